The number of nitriles is 1. The van der Waals surface area contributed by atoms with Gasteiger partial charge in [-0.15, -0.1) is 0 Å². The van der Waals surface area contributed by atoms with Crippen molar-refractivity contribution in [3.8, 4) is 17.6 Å². The first kappa shape index (κ1) is 19.1. The second-order valence-corrected chi connectivity index (χ2v) is 5.13. The highest BCUT2D eigenvalue weighted by Gasteiger charge is 2.30. The Hall–Kier alpha value is -3.21. The van der Waals surface area contributed by atoms with Crippen LogP contribution in [0.4, 0.5) is 18.9 Å². The Balaban J connectivity index is 2.42. The van der Waals surface area contributed by atoms with Gasteiger partial charge in [-0.05, 0) is 31.2 Å². The van der Waals surface area contributed by atoms with Crippen molar-refractivity contribution in [2.45, 2.75) is 13.1 Å². The molecule has 26 heavy (non-hydrogen) atoms. The third-order valence-electron chi connectivity index (χ3n) is 3.38. The molecule has 0 saturated heterocycles. The van der Waals surface area contributed by atoms with E-state index >= 15 is 0 Å². The molecule has 0 spiro atoms. The molecule has 0 bridgehead atoms. The number of methoxy groups -OCH3 is 1. The molecule has 0 aromatic heterocycles. The van der Waals surface area contributed by atoms with Gasteiger partial charge in [-0.1, -0.05) is 6.07 Å². The van der Waals surface area contributed by atoms with Gasteiger partial charge in [-0.3, -0.25) is 4.79 Å². The molecule has 136 valence electrons. The molecule has 8 heteroatoms. The summed E-state index contributed by atoms with van der Waals surface area (Å²) in [6.45, 7) is 1.93. The molecule has 2 rings (SSSR count). The standard InChI is InChI=1S/C18H15F3N2O3/c1-3-26-16-14(7-11(10-22)8-15(16)25-2)17(24)23-13-6-4-5-12(9-13)18(19,20)21/h4-9H,3H2,1-2H3,(H,23,24). The largest absolute Gasteiger partial charge is 0.493 e. The molecule has 1 N–H and O–H groups in total. The molecular formula is C18H15F3N2O3. The van der Waals surface area contributed by atoms with Crippen molar-refractivity contribution in [1.82, 2.24) is 0 Å². The van der Waals surface area contributed by atoms with E-state index in [4.69, 9.17) is 14.7 Å². The van der Waals surface area contributed by atoms with Gasteiger partial charge in [-0.25, -0.2) is 0 Å². The van der Waals surface area contributed by atoms with Crippen molar-refractivity contribution < 1.29 is 27.4 Å². The monoisotopic (exact) mass is 364 g/mol. The number of alkyl halides is 3. The van der Waals surface area contributed by atoms with Crippen molar-refractivity contribution in [3.63, 3.8) is 0 Å². The topological polar surface area (TPSA) is 71.3 Å². The van der Waals surface area contributed by atoms with Gasteiger partial charge in [0.2, 0.25) is 0 Å². The lowest BCUT2D eigenvalue weighted by Gasteiger charge is -2.15. The Morgan fingerprint density at radius 3 is 2.58 bits per heavy atom. The zero-order chi connectivity index (χ0) is 19.3. The van der Waals surface area contributed by atoms with Gasteiger partial charge >= 0.3 is 6.18 Å². The molecule has 5 nitrogen and oxygen atoms in total. The van der Waals surface area contributed by atoms with Crippen LogP contribution in [-0.4, -0.2) is 19.6 Å². The highest BCUT2D eigenvalue weighted by molar-refractivity contribution is 6.07. The third kappa shape index (κ3) is 4.25. The number of nitrogens with one attached hydrogen (secondary N) is 1. The minimum Gasteiger partial charge on any atom is -0.493 e. The van der Waals surface area contributed by atoms with Gasteiger partial charge < -0.3 is 14.8 Å². The number of halogens is 3. The molecular weight excluding hydrogens is 349 g/mol. The molecule has 0 saturated carbocycles. The fraction of sp³-hybridized carbons (Fsp3) is 0.222. The van der Waals surface area contributed by atoms with E-state index in [1.807, 2.05) is 6.07 Å². The van der Waals surface area contributed by atoms with Crippen molar-refractivity contribution in [3.05, 3.63) is 53.1 Å². The van der Waals surface area contributed by atoms with E-state index in [9.17, 15) is 18.0 Å². The first-order valence-electron chi connectivity index (χ1n) is 7.53. The van der Waals surface area contributed by atoms with Gasteiger partial charge in [0.05, 0.1) is 36.5 Å². The normalized spacial score (nSPS) is 10.8. The summed E-state index contributed by atoms with van der Waals surface area (Å²) in [5, 5.41) is 11.5. The molecule has 0 aliphatic rings. The number of hydrogen-bond acceptors (Lipinski definition) is 4. The van der Waals surface area contributed by atoms with Crippen LogP contribution in [0.1, 0.15) is 28.4 Å². The maximum atomic E-state index is 12.8. The fourth-order valence-corrected chi connectivity index (χ4v) is 2.25. The van der Waals surface area contributed by atoms with E-state index in [2.05, 4.69) is 5.32 Å². The van der Waals surface area contributed by atoms with Gasteiger partial charge in [0.1, 0.15) is 0 Å². The number of anilines is 1. The zero-order valence-corrected chi connectivity index (χ0v) is 14.0. The van der Waals surface area contributed by atoms with Crippen molar-refractivity contribution in [2.75, 3.05) is 19.0 Å². The van der Waals surface area contributed by atoms with E-state index in [1.165, 1.54) is 31.4 Å². The van der Waals surface area contributed by atoms with E-state index in [0.29, 0.717) is 0 Å². The first-order chi connectivity index (χ1) is 12.3. The van der Waals surface area contributed by atoms with Crippen molar-refractivity contribution >= 4 is 11.6 Å². The predicted molar refractivity (Wildman–Crippen MR) is 88.3 cm³/mol. The molecule has 0 atom stereocenters. The summed E-state index contributed by atoms with van der Waals surface area (Å²) in [7, 11) is 1.35. The molecule has 0 unspecified atom stereocenters. The third-order valence-corrected chi connectivity index (χ3v) is 3.38. The lowest BCUT2D eigenvalue weighted by molar-refractivity contribution is -0.137. The van der Waals surface area contributed by atoms with E-state index in [0.717, 1.165) is 12.1 Å². The number of amides is 1. The second kappa shape index (κ2) is 7.78. The molecule has 0 fully saturated rings. The van der Waals surface area contributed by atoms with Crippen LogP contribution in [0.15, 0.2) is 36.4 Å². The van der Waals surface area contributed by atoms with Crippen LogP contribution in [-0.2, 0) is 6.18 Å². The highest BCUT2D eigenvalue weighted by atomic mass is 19.4. The Kier molecular flexibility index (Phi) is 5.72. The summed E-state index contributed by atoms with van der Waals surface area (Å²) in [5.41, 5.74) is -0.781. The number of ether oxygens (including phenoxy) is 2. The maximum absolute atomic E-state index is 12.8. The van der Waals surface area contributed by atoms with Crippen molar-refractivity contribution in [2.24, 2.45) is 0 Å². The number of benzene rings is 2. The summed E-state index contributed by atoms with van der Waals surface area (Å²) in [4.78, 5) is 12.6. The first-order valence-corrected chi connectivity index (χ1v) is 7.53. The Bertz CT molecular complexity index is 858. The van der Waals surface area contributed by atoms with Gasteiger partial charge in [0.25, 0.3) is 5.91 Å². The van der Waals surface area contributed by atoms with E-state index in [1.54, 1.807) is 6.92 Å². The molecule has 0 aliphatic heterocycles. The molecule has 1 amide bonds. The zero-order valence-electron chi connectivity index (χ0n) is 14.0. The average molecular weight is 364 g/mol. The smallest absolute Gasteiger partial charge is 0.416 e. The van der Waals surface area contributed by atoms with Crippen LogP contribution < -0.4 is 14.8 Å². The lowest BCUT2D eigenvalue weighted by Crippen LogP contribution is -2.15. The second-order valence-electron chi connectivity index (χ2n) is 5.13. The minimum absolute atomic E-state index is 0.0137. The predicted octanol–water partition coefficient (Wildman–Crippen LogP) is 4.24. The summed E-state index contributed by atoms with van der Waals surface area (Å²) >= 11 is 0. The fourth-order valence-electron chi connectivity index (χ4n) is 2.25. The maximum Gasteiger partial charge on any atom is 0.416 e. The van der Waals surface area contributed by atoms with Crippen LogP contribution in [0.2, 0.25) is 0 Å². The number of carbonyl (C=O) groups excluding carboxylic acids is 1. The minimum atomic E-state index is -4.53. The van der Waals surface area contributed by atoms with Crippen LogP contribution in [0, 0.1) is 11.3 Å². The SMILES string of the molecule is CCOc1c(OC)cc(C#N)cc1C(=O)Nc1cccc(C(F)(F)F)c1. The van der Waals surface area contributed by atoms with Crippen LogP contribution in [0.3, 0.4) is 0 Å². The molecule has 0 heterocycles. The lowest BCUT2D eigenvalue weighted by atomic mass is 10.1. The Morgan fingerprint density at radius 2 is 2.00 bits per heavy atom. The highest BCUT2D eigenvalue weighted by Crippen LogP contribution is 2.34. The number of rotatable bonds is 5. The van der Waals surface area contributed by atoms with Crippen LogP contribution in [0.5, 0.6) is 11.5 Å². The van der Waals surface area contributed by atoms with Gasteiger partial charge in [0.15, 0.2) is 11.5 Å². The number of hydrogen-bond donors (Lipinski definition) is 1. The molecule has 0 radical (unpaired) electrons. The van der Waals surface area contributed by atoms with Crippen LogP contribution in [0.25, 0.3) is 0 Å². The van der Waals surface area contributed by atoms with Gasteiger partial charge in [-0.2, -0.15) is 18.4 Å². The summed E-state index contributed by atoms with van der Waals surface area (Å²) in [6, 6.07) is 8.84. The summed E-state index contributed by atoms with van der Waals surface area (Å²) in [6.07, 6.45) is -4.53. The van der Waals surface area contributed by atoms with Crippen LogP contribution >= 0.6 is 0 Å². The summed E-state index contributed by atoms with van der Waals surface area (Å²) in [5.74, 6) is -0.429. The molecule has 2 aromatic rings. The van der Waals surface area contributed by atoms with E-state index < -0.39 is 17.6 Å². The average Bonchev–Trinajstić information content (AvgIpc) is 2.61. The number of nitrogens with zero attached hydrogens (tertiary/aromatic N) is 1. The molecule has 2 aromatic carbocycles. The Morgan fingerprint density at radius 1 is 1.27 bits per heavy atom. The Labute approximate surface area is 148 Å². The number of carbonyl (C=O) groups is 1. The van der Waals surface area contributed by atoms with Crippen molar-refractivity contribution in [1.29, 1.82) is 5.26 Å². The summed E-state index contributed by atoms with van der Waals surface area (Å²) < 4.78 is 49.0. The quantitative estimate of drug-likeness (QED) is 0.862. The van der Waals surface area contributed by atoms with Gasteiger partial charge in [0, 0.05) is 11.8 Å². The van der Waals surface area contributed by atoms with E-state index in [-0.39, 0.29) is 34.9 Å². The molecule has 0 aliphatic carbocycles.